The molecule has 29 heavy (non-hydrogen) atoms. The first-order valence-corrected chi connectivity index (χ1v) is 9.27. The van der Waals surface area contributed by atoms with E-state index in [9.17, 15) is 9.59 Å². The zero-order chi connectivity index (χ0) is 20.8. The van der Waals surface area contributed by atoms with Crippen molar-refractivity contribution in [3.8, 4) is 11.5 Å². The molecule has 0 aliphatic heterocycles. The Balaban J connectivity index is 1.59. The Bertz CT molecular complexity index is 1010. The predicted octanol–water partition coefficient (Wildman–Crippen LogP) is 2.12. The Kier molecular flexibility index (Phi) is 6.33. The van der Waals surface area contributed by atoms with Crippen LogP contribution in [-0.2, 0) is 17.9 Å². The highest BCUT2D eigenvalue weighted by Gasteiger charge is 2.13. The number of hydrogen-bond donors (Lipinski definition) is 2. The first kappa shape index (κ1) is 20.2. The third-order valence-electron chi connectivity index (χ3n) is 4.52. The molecule has 2 N–H and O–H groups in total. The number of hydrogen-bond acceptors (Lipinski definition) is 5. The number of nitrogens with one attached hydrogen (secondary N) is 2. The minimum Gasteiger partial charge on any atom is -0.497 e. The van der Waals surface area contributed by atoms with Crippen molar-refractivity contribution in [2.24, 2.45) is 0 Å². The molecule has 2 aromatic carbocycles. The van der Waals surface area contributed by atoms with Crippen LogP contribution < -0.4 is 20.1 Å². The Morgan fingerprint density at radius 2 is 1.72 bits per heavy atom. The number of carbonyl (C=O) groups excluding carboxylic acids is 2. The van der Waals surface area contributed by atoms with Crippen LogP contribution in [0.5, 0.6) is 11.5 Å². The van der Waals surface area contributed by atoms with E-state index < -0.39 is 5.91 Å². The van der Waals surface area contributed by atoms with Crippen LogP contribution in [0, 0.1) is 0 Å². The van der Waals surface area contributed by atoms with Crippen LogP contribution in [0.2, 0.25) is 0 Å². The molecule has 0 bridgehead atoms. The van der Waals surface area contributed by atoms with E-state index in [1.807, 2.05) is 31.2 Å². The van der Waals surface area contributed by atoms with E-state index in [0.717, 1.165) is 23.4 Å². The molecule has 0 radical (unpaired) electrons. The minimum atomic E-state index is -0.391. The second-order valence-electron chi connectivity index (χ2n) is 6.32. The number of fused-ring (bicyclic) bond motifs is 1. The van der Waals surface area contributed by atoms with Crippen LogP contribution in [0.15, 0.2) is 42.5 Å². The maximum absolute atomic E-state index is 12.4. The largest absolute Gasteiger partial charge is 0.497 e. The van der Waals surface area contributed by atoms with Gasteiger partial charge in [-0.2, -0.15) is 0 Å². The molecular formula is C21H24N4O4. The van der Waals surface area contributed by atoms with Crippen LogP contribution in [0.4, 0.5) is 0 Å². The van der Waals surface area contributed by atoms with E-state index in [4.69, 9.17) is 9.47 Å². The summed E-state index contributed by atoms with van der Waals surface area (Å²) in [4.78, 5) is 29.1. The highest BCUT2D eigenvalue weighted by molar-refractivity contribution is 5.97. The number of amides is 2. The third kappa shape index (κ3) is 4.66. The highest BCUT2D eigenvalue weighted by atomic mass is 16.5. The number of ether oxygens (including phenoxy) is 2. The molecule has 3 rings (SSSR count). The maximum atomic E-state index is 12.4. The van der Waals surface area contributed by atoms with Gasteiger partial charge in [-0.1, -0.05) is 12.1 Å². The fraction of sp³-hybridized carbons (Fsp3) is 0.286. The summed E-state index contributed by atoms with van der Waals surface area (Å²) in [5.41, 5.74) is 2.26. The molecule has 1 aromatic heterocycles. The molecule has 1 heterocycles. The fourth-order valence-electron chi connectivity index (χ4n) is 3.05. The van der Waals surface area contributed by atoms with E-state index in [1.165, 1.54) is 14.2 Å². The standard InChI is InChI=1S/C21H24N4O4/c1-4-25-18-8-6-5-7-17(18)24-19(25)12-22-20(26)13-23-21(27)14-9-15(28-2)11-16(10-14)29-3/h5-11H,4,12-13H2,1-3H3,(H,22,26)(H,23,27). The van der Waals surface area contributed by atoms with Gasteiger partial charge in [-0.3, -0.25) is 9.59 Å². The first-order chi connectivity index (χ1) is 14.0. The number of aromatic nitrogens is 2. The monoisotopic (exact) mass is 396 g/mol. The number of methoxy groups -OCH3 is 2. The Morgan fingerprint density at radius 1 is 1.03 bits per heavy atom. The van der Waals surface area contributed by atoms with Crippen molar-refractivity contribution in [2.75, 3.05) is 20.8 Å². The van der Waals surface area contributed by atoms with E-state index in [1.54, 1.807) is 18.2 Å². The molecule has 8 nitrogen and oxygen atoms in total. The van der Waals surface area contributed by atoms with Gasteiger partial charge >= 0.3 is 0 Å². The van der Waals surface area contributed by atoms with Crippen molar-refractivity contribution in [1.82, 2.24) is 20.2 Å². The molecule has 152 valence electrons. The first-order valence-electron chi connectivity index (χ1n) is 9.27. The second kappa shape index (κ2) is 9.09. The van der Waals surface area contributed by atoms with Crippen molar-refractivity contribution in [3.05, 3.63) is 53.9 Å². The lowest BCUT2D eigenvalue weighted by Crippen LogP contribution is -2.37. The molecule has 2 amide bonds. The third-order valence-corrected chi connectivity index (χ3v) is 4.52. The van der Waals surface area contributed by atoms with Gasteiger partial charge in [0.05, 0.1) is 38.3 Å². The summed E-state index contributed by atoms with van der Waals surface area (Å²) in [5.74, 6) is 1.07. The van der Waals surface area contributed by atoms with Crippen molar-refractivity contribution < 1.29 is 19.1 Å². The molecule has 0 unspecified atom stereocenters. The topological polar surface area (TPSA) is 94.5 Å². The zero-order valence-electron chi connectivity index (χ0n) is 16.7. The van der Waals surface area contributed by atoms with E-state index in [0.29, 0.717) is 17.1 Å². The molecule has 3 aromatic rings. The number of aryl methyl sites for hydroxylation is 1. The summed E-state index contributed by atoms with van der Waals surface area (Å²) in [5, 5.41) is 5.40. The fourth-order valence-corrected chi connectivity index (χ4v) is 3.05. The number of nitrogens with zero attached hydrogens (tertiary/aromatic N) is 2. The van der Waals surface area contributed by atoms with Crippen LogP contribution in [-0.4, -0.2) is 42.1 Å². The lowest BCUT2D eigenvalue weighted by molar-refractivity contribution is -0.120. The van der Waals surface area contributed by atoms with Crippen LogP contribution in [0.1, 0.15) is 23.1 Å². The maximum Gasteiger partial charge on any atom is 0.251 e. The normalized spacial score (nSPS) is 10.6. The molecular weight excluding hydrogens is 372 g/mol. The summed E-state index contributed by atoms with van der Waals surface area (Å²) in [6.45, 7) is 2.91. The average molecular weight is 396 g/mol. The van der Waals surface area contributed by atoms with Crippen molar-refractivity contribution >= 4 is 22.8 Å². The SMILES string of the molecule is CCn1c(CNC(=O)CNC(=O)c2cc(OC)cc(OC)c2)nc2ccccc21. The van der Waals surface area contributed by atoms with E-state index in [-0.39, 0.29) is 19.0 Å². The smallest absolute Gasteiger partial charge is 0.251 e. The predicted molar refractivity (Wildman–Crippen MR) is 109 cm³/mol. The molecule has 0 saturated carbocycles. The van der Waals surface area contributed by atoms with Crippen LogP contribution >= 0.6 is 0 Å². The van der Waals surface area contributed by atoms with Gasteiger partial charge in [0.25, 0.3) is 5.91 Å². The van der Waals surface area contributed by atoms with Crippen molar-refractivity contribution in [1.29, 1.82) is 0 Å². The number of rotatable bonds is 8. The van der Waals surface area contributed by atoms with Gasteiger partial charge in [0, 0.05) is 18.2 Å². The van der Waals surface area contributed by atoms with Gasteiger partial charge in [0.2, 0.25) is 5.91 Å². The van der Waals surface area contributed by atoms with E-state index in [2.05, 4.69) is 20.2 Å². The second-order valence-corrected chi connectivity index (χ2v) is 6.32. The number of benzene rings is 2. The summed E-state index contributed by atoms with van der Waals surface area (Å²) in [6.07, 6.45) is 0. The zero-order valence-corrected chi connectivity index (χ0v) is 16.7. The summed E-state index contributed by atoms with van der Waals surface area (Å²) >= 11 is 0. The Morgan fingerprint density at radius 3 is 2.38 bits per heavy atom. The number of para-hydroxylation sites is 2. The lowest BCUT2D eigenvalue weighted by Gasteiger charge is -2.10. The van der Waals surface area contributed by atoms with Gasteiger partial charge in [0.15, 0.2) is 0 Å². The molecule has 0 atom stereocenters. The Labute approximate surface area is 168 Å². The van der Waals surface area contributed by atoms with Gasteiger partial charge in [-0.25, -0.2) is 4.98 Å². The van der Waals surface area contributed by atoms with Crippen LogP contribution in [0.3, 0.4) is 0 Å². The number of imidazole rings is 1. The molecule has 0 aliphatic carbocycles. The molecule has 8 heteroatoms. The highest BCUT2D eigenvalue weighted by Crippen LogP contribution is 2.22. The summed E-state index contributed by atoms with van der Waals surface area (Å²) in [7, 11) is 3.01. The molecule has 0 spiro atoms. The van der Waals surface area contributed by atoms with Gasteiger partial charge in [-0.05, 0) is 31.2 Å². The number of carbonyl (C=O) groups is 2. The Hall–Kier alpha value is -3.55. The summed E-state index contributed by atoms with van der Waals surface area (Å²) in [6, 6.07) is 12.7. The van der Waals surface area contributed by atoms with E-state index >= 15 is 0 Å². The van der Waals surface area contributed by atoms with Gasteiger partial charge in [-0.15, -0.1) is 0 Å². The van der Waals surface area contributed by atoms with Gasteiger partial charge in [0.1, 0.15) is 17.3 Å². The van der Waals surface area contributed by atoms with Crippen molar-refractivity contribution in [2.45, 2.75) is 20.0 Å². The summed E-state index contributed by atoms with van der Waals surface area (Å²) < 4.78 is 12.4. The van der Waals surface area contributed by atoms with Crippen molar-refractivity contribution in [3.63, 3.8) is 0 Å². The van der Waals surface area contributed by atoms with Gasteiger partial charge < -0.3 is 24.7 Å². The lowest BCUT2D eigenvalue weighted by atomic mass is 10.2. The van der Waals surface area contributed by atoms with Crippen LogP contribution in [0.25, 0.3) is 11.0 Å². The average Bonchev–Trinajstić information content (AvgIpc) is 3.12. The molecule has 0 saturated heterocycles. The minimum absolute atomic E-state index is 0.148. The molecule has 0 fully saturated rings. The molecule has 0 aliphatic rings. The quantitative estimate of drug-likeness (QED) is 0.608.